The zero-order valence-electron chi connectivity index (χ0n) is 13.2. The van der Waals surface area contributed by atoms with Gasteiger partial charge in [-0.2, -0.15) is 0 Å². The van der Waals surface area contributed by atoms with E-state index in [0.717, 1.165) is 0 Å². The van der Waals surface area contributed by atoms with Crippen molar-refractivity contribution in [3.05, 3.63) is 52.3 Å². The van der Waals surface area contributed by atoms with Gasteiger partial charge in [-0.15, -0.1) is 0 Å². The van der Waals surface area contributed by atoms with Gasteiger partial charge in [0.05, 0.1) is 22.7 Å². The number of phenolic OH excluding ortho intramolecular Hbond substituents is 1. The molecular formula is C17H12Cl2N2O5. The Morgan fingerprint density at radius 2 is 2.08 bits per heavy atom. The SMILES string of the molecule is O=C(COC(=O)Cc1coc2cc(O)ccc12)Nc1ncc(Cl)cc1Cl. The predicted octanol–water partition coefficient (Wildman–Crippen LogP) is 3.56. The molecule has 2 N–H and O–H groups in total. The summed E-state index contributed by atoms with van der Waals surface area (Å²) in [6.45, 7) is -0.490. The zero-order chi connectivity index (χ0) is 18.7. The smallest absolute Gasteiger partial charge is 0.310 e. The van der Waals surface area contributed by atoms with Crippen LogP contribution in [-0.2, 0) is 20.7 Å². The maximum absolute atomic E-state index is 11.9. The Hall–Kier alpha value is -2.77. The number of hydrogen-bond acceptors (Lipinski definition) is 6. The average Bonchev–Trinajstić information content (AvgIpc) is 2.97. The number of phenols is 1. The van der Waals surface area contributed by atoms with E-state index in [-0.39, 0.29) is 23.0 Å². The Morgan fingerprint density at radius 1 is 1.27 bits per heavy atom. The first-order valence-electron chi connectivity index (χ1n) is 7.38. The lowest BCUT2D eigenvalue weighted by atomic mass is 10.1. The van der Waals surface area contributed by atoms with Gasteiger partial charge in [-0.05, 0) is 18.2 Å². The molecule has 3 rings (SSSR count). The Morgan fingerprint density at radius 3 is 2.85 bits per heavy atom. The van der Waals surface area contributed by atoms with E-state index < -0.39 is 18.5 Å². The molecule has 0 saturated heterocycles. The summed E-state index contributed by atoms with van der Waals surface area (Å²) in [5, 5.41) is 13.0. The third kappa shape index (κ3) is 4.25. The molecule has 3 aromatic rings. The molecule has 9 heteroatoms. The van der Waals surface area contributed by atoms with Gasteiger partial charge in [-0.1, -0.05) is 23.2 Å². The van der Waals surface area contributed by atoms with Crippen molar-refractivity contribution in [3.63, 3.8) is 0 Å². The van der Waals surface area contributed by atoms with Gasteiger partial charge in [0, 0.05) is 23.2 Å². The monoisotopic (exact) mass is 394 g/mol. The second-order valence-corrected chi connectivity index (χ2v) is 6.15. The fourth-order valence-electron chi connectivity index (χ4n) is 2.24. The van der Waals surface area contributed by atoms with Gasteiger partial charge in [0.2, 0.25) is 0 Å². The molecular weight excluding hydrogens is 383 g/mol. The third-order valence-electron chi connectivity index (χ3n) is 3.40. The minimum atomic E-state index is -0.605. The summed E-state index contributed by atoms with van der Waals surface area (Å²) in [7, 11) is 0. The van der Waals surface area contributed by atoms with Crippen LogP contribution in [0.3, 0.4) is 0 Å². The summed E-state index contributed by atoms with van der Waals surface area (Å²) in [6.07, 6.45) is 2.66. The highest BCUT2D eigenvalue weighted by Crippen LogP contribution is 2.25. The number of halogens is 2. The molecule has 1 aromatic carbocycles. The van der Waals surface area contributed by atoms with E-state index in [2.05, 4.69) is 10.3 Å². The number of amides is 1. The van der Waals surface area contributed by atoms with Crippen LogP contribution in [0.25, 0.3) is 11.0 Å². The number of fused-ring (bicyclic) bond motifs is 1. The number of carbonyl (C=O) groups excluding carboxylic acids is 2. The predicted molar refractivity (Wildman–Crippen MR) is 95.4 cm³/mol. The molecule has 0 radical (unpaired) electrons. The van der Waals surface area contributed by atoms with Crippen molar-refractivity contribution in [1.29, 1.82) is 0 Å². The van der Waals surface area contributed by atoms with Gasteiger partial charge in [0.1, 0.15) is 11.3 Å². The molecule has 0 aliphatic rings. The number of benzene rings is 1. The Labute approximate surface area is 157 Å². The van der Waals surface area contributed by atoms with E-state index in [1.54, 1.807) is 6.07 Å². The standard InChI is InChI=1S/C17H12Cl2N2O5/c18-10-4-13(19)17(20-6-10)21-15(23)8-26-16(24)3-9-7-25-14-5-11(22)1-2-12(9)14/h1-2,4-7,22H,3,8H2,(H,20,21,23). The average molecular weight is 395 g/mol. The summed E-state index contributed by atoms with van der Waals surface area (Å²) in [4.78, 5) is 27.7. The Bertz CT molecular complexity index is 986. The number of esters is 1. The number of aromatic nitrogens is 1. The highest BCUT2D eigenvalue weighted by atomic mass is 35.5. The molecule has 0 bridgehead atoms. The number of rotatable bonds is 5. The van der Waals surface area contributed by atoms with Crippen LogP contribution in [0, 0.1) is 0 Å². The number of aromatic hydroxyl groups is 1. The summed E-state index contributed by atoms with van der Waals surface area (Å²) >= 11 is 11.6. The van der Waals surface area contributed by atoms with E-state index in [0.29, 0.717) is 21.6 Å². The van der Waals surface area contributed by atoms with E-state index >= 15 is 0 Å². The van der Waals surface area contributed by atoms with Crippen molar-refractivity contribution in [2.24, 2.45) is 0 Å². The minimum absolute atomic E-state index is 0.0621. The van der Waals surface area contributed by atoms with Crippen LogP contribution in [-0.4, -0.2) is 28.6 Å². The largest absolute Gasteiger partial charge is 0.508 e. The van der Waals surface area contributed by atoms with E-state index in [1.807, 2.05) is 0 Å². The lowest BCUT2D eigenvalue weighted by molar-refractivity contribution is -0.146. The van der Waals surface area contributed by atoms with Crippen LogP contribution >= 0.6 is 23.2 Å². The van der Waals surface area contributed by atoms with Crippen molar-refractivity contribution in [3.8, 4) is 5.75 Å². The van der Waals surface area contributed by atoms with Crippen molar-refractivity contribution in [2.45, 2.75) is 6.42 Å². The number of nitrogens with one attached hydrogen (secondary N) is 1. The summed E-state index contributed by atoms with van der Waals surface area (Å²) in [5.41, 5.74) is 1.04. The maximum Gasteiger partial charge on any atom is 0.310 e. The second kappa shape index (κ2) is 7.63. The molecule has 1 amide bonds. The number of ether oxygens (including phenoxy) is 1. The van der Waals surface area contributed by atoms with E-state index in [1.165, 1.54) is 30.7 Å². The zero-order valence-corrected chi connectivity index (χ0v) is 14.7. The molecule has 0 atom stereocenters. The molecule has 0 aliphatic heterocycles. The first kappa shape index (κ1) is 18.0. The topological polar surface area (TPSA) is 102 Å². The second-order valence-electron chi connectivity index (χ2n) is 5.31. The number of anilines is 1. The van der Waals surface area contributed by atoms with Gasteiger partial charge in [-0.25, -0.2) is 4.98 Å². The molecule has 7 nitrogen and oxygen atoms in total. The lowest BCUT2D eigenvalue weighted by Gasteiger charge is -2.07. The molecule has 0 unspecified atom stereocenters. The summed E-state index contributed by atoms with van der Waals surface area (Å²) in [6, 6.07) is 6.00. The van der Waals surface area contributed by atoms with Crippen LogP contribution in [0.2, 0.25) is 10.0 Å². The molecule has 2 aromatic heterocycles. The van der Waals surface area contributed by atoms with Crippen LogP contribution in [0.5, 0.6) is 5.75 Å². The fourth-order valence-corrected chi connectivity index (χ4v) is 2.66. The van der Waals surface area contributed by atoms with Crippen molar-refractivity contribution in [1.82, 2.24) is 4.98 Å². The number of nitrogens with zero attached hydrogens (tertiary/aromatic N) is 1. The molecule has 2 heterocycles. The molecule has 134 valence electrons. The minimum Gasteiger partial charge on any atom is -0.508 e. The maximum atomic E-state index is 11.9. The number of furan rings is 1. The molecule has 26 heavy (non-hydrogen) atoms. The van der Waals surface area contributed by atoms with Gasteiger partial charge < -0.3 is 19.6 Å². The number of carbonyl (C=O) groups is 2. The van der Waals surface area contributed by atoms with Gasteiger partial charge in [0.25, 0.3) is 5.91 Å². The lowest BCUT2D eigenvalue weighted by Crippen LogP contribution is -2.22. The van der Waals surface area contributed by atoms with Crippen molar-refractivity contribution in [2.75, 3.05) is 11.9 Å². The van der Waals surface area contributed by atoms with Gasteiger partial charge in [0.15, 0.2) is 12.4 Å². The number of hydrogen-bond donors (Lipinski definition) is 2. The van der Waals surface area contributed by atoms with Crippen molar-refractivity contribution >= 4 is 51.9 Å². The Balaban J connectivity index is 1.55. The molecule has 0 saturated carbocycles. The van der Waals surface area contributed by atoms with Crippen LogP contribution < -0.4 is 5.32 Å². The highest BCUT2D eigenvalue weighted by Gasteiger charge is 2.14. The molecule has 0 spiro atoms. The van der Waals surface area contributed by atoms with Crippen LogP contribution in [0.15, 0.2) is 41.1 Å². The molecule has 0 aliphatic carbocycles. The van der Waals surface area contributed by atoms with Crippen molar-refractivity contribution < 1.29 is 23.8 Å². The van der Waals surface area contributed by atoms with E-state index in [9.17, 15) is 14.7 Å². The first-order valence-corrected chi connectivity index (χ1v) is 8.13. The van der Waals surface area contributed by atoms with Gasteiger partial charge >= 0.3 is 5.97 Å². The third-order valence-corrected chi connectivity index (χ3v) is 3.90. The van der Waals surface area contributed by atoms with Crippen LogP contribution in [0.1, 0.15) is 5.56 Å². The number of pyridine rings is 1. The van der Waals surface area contributed by atoms with Crippen LogP contribution in [0.4, 0.5) is 5.82 Å². The summed E-state index contributed by atoms with van der Waals surface area (Å²) in [5.74, 6) is -1.01. The highest BCUT2D eigenvalue weighted by molar-refractivity contribution is 6.36. The van der Waals surface area contributed by atoms with Gasteiger partial charge in [-0.3, -0.25) is 9.59 Å². The van der Waals surface area contributed by atoms with E-state index in [4.69, 9.17) is 32.4 Å². The normalized spacial score (nSPS) is 10.7. The quantitative estimate of drug-likeness (QED) is 0.641. The summed E-state index contributed by atoms with van der Waals surface area (Å²) < 4.78 is 10.2. The Kier molecular flexibility index (Phi) is 5.29. The molecule has 0 fully saturated rings. The fraction of sp³-hybridized carbons (Fsp3) is 0.118. The first-order chi connectivity index (χ1) is 12.4.